The summed E-state index contributed by atoms with van der Waals surface area (Å²) in [6.45, 7) is 5.08. The van der Waals surface area contributed by atoms with Gasteiger partial charge in [0.1, 0.15) is 18.7 Å². The minimum absolute atomic E-state index is 0.107. The van der Waals surface area contributed by atoms with Crippen LogP contribution in [0.5, 0.6) is 0 Å². The highest BCUT2D eigenvalue weighted by Gasteiger charge is 2.62. The van der Waals surface area contributed by atoms with Gasteiger partial charge < -0.3 is 14.2 Å². The molecule has 5 rings (SSSR count). The zero-order valence-electron chi connectivity index (χ0n) is 21.9. The molecular weight excluding hydrogens is 520 g/mol. The van der Waals surface area contributed by atoms with Crippen LogP contribution in [0.15, 0.2) is 30.3 Å². The first-order valence-electron chi connectivity index (χ1n) is 13.8. The Labute approximate surface area is 224 Å². The van der Waals surface area contributed by atoms with Crippen molar-refractivity contribution in [1.82, 2.24) is 0 Å². The molecule has 6 heteroatoms. The number of benzene rings is 1. The Balaban J connectivity index is 1.38. The van der Waals surface area contributed by atoms with Crippen molar-refractivity contribution in [2.45, 2.75) is 77.4 Å². The average molecular weight is 562 g/mol. The monoisotopic (exact) mass is 560 g/mol. The lowest BCUT2D eigenvalue weighted by atomic mass is 9.44. The van der Waals surface area contributed by atoms with Gasteiger partial charge in [0, 0.05) is 13.0 Å². The second-order valence-electron chi connectivity index (χ2n) is 12.3. The Bertz CT molecular complexity index is 952. The third kappa shape index (κ3) is 4.49. The summed E-state index contributed by atoms with van der Waals surface area (Å²) < 4.78 is 17.5. The molecule has 9 atom stereocenters. The quantitative estimate of drug-likeness (QED) is 0.218. The number of fused-ring (bicyclic) bond motifs is 5. The molecule has 1 aromatic rings. The number of ether oxygens (including phenoxy) is 3. The van der Waals surface area contributed by atoms with Crippen molar-refractivity contribution in [3.05, 3.63) is 35.9 Å². The van der Waals surface area contributed by atoms with Crippen molar-refractivity contribution in [1.29, 1.82) is 0 Å². The van der Waals surface area contributed by atoms with Gasteiger partial charge in [0.05, 0.1) is 17.0 Å². The van der Waals surface area contributed by atoms with Crippen molar-refractivity contribution in [3.63, 3.8) is 0 Å². The van der Waals surface area contributed by atoms with Crippen molar-refractivity contribution in [3.8, 4) is 0 Å². The number of methoxy groups -OCH3 is 1. The molecule has 0 aliphatic heterocycles. The molecule has 4 fully saturated rings. The maximum atomic E-state index is 13.1. The lowest BCUT2D eigenvalue weighted by Gasteiger charge is -2.61. The molecule has 0 unspecified atom stereocenters. The lowest BCUT2D eigenvalue weighted by Crippen LogP contribution is -2.57. The summed E-state index contributed by atoms with van der Waals surface area (Å²) in [7, 11) is 1.64. The Morgan fingerprint density at radius 1 is 0.972 bits per heavy atom. The van der Waals surface area contributed by atoms with Crippen LogP contribution in [0.1, 0.15) is 75.6 Å². The van der Waals surface area contributed by atoms with E-state index < -0.39 is 0 Å². The number of rotatable bonds is 7. The largest absolute Gasteiger partial charge is 0.456 e. The Kier molecular flexibility index (Phi) is 7.69. The maximum Gasteiger partial charge on any atom is 0.338 e. The maximum absolute atomic E-state index is 13.1. The number of hydrogen-bond acceptors (Lipinski definition) is 5. The van der Waals surface area contributed by atoms with Crippen LogP contribution < -0.4 is 0 Å². The molecule has 0 amide bonds. The van der Waals surface area contributed by atoms with Gasteiger partial charge in [0.15, 0.2) is 0 Å². The van der Waals surface area contributed by atoms with E-state index in [2.05, 4.69) is 29.8 Å². The summed E-state index contributed by atoms with van der Waals surface area (Å²) in [5, 5.41) is 0.477. The zero-order chi connectivity index (χ0) is 25.5. The summed E-state index contributed by atoms with van der Waals surface area (Å²) >= 11 is 3.44. The Morgan fingerprint density at radius 2 is 1.72 bits per heavy atom. The Morgan fingerprint density at radius 3 is 2.44 bits per heavy atom. The third-order valence-corrected chi connectivity index (χ3v) is 11.4. The first-order valence-corrected chi connectivity index (χ1v) is 14.9. The standard InChI is InChI=1S/C30H41BrO5/c1-29-14-13-23-21(22(29)11-12-24(29)25(32)17-31)10-9-20-15-26(35-18-34-3)27(16-30(20,23)2)36-28(33)19-7-5-4-6-8-19/h4-8,20-24,26-27H,9-18H2,1-3H3/t20-,21-,22-,23-,24+,26-,27-,29-,30-/m0/s1. The fraction of sp³-hybridized carbons (Fsp3) is 0.733. The fourth-order valence-corrected chi connectivity index (χ4v) is 9.48. The van der Waals surface area contributed by atoms with Crippen LogP contribution in [0.3, 0.4) is 0 Å². The summed E-state index contributed by atoms with van der Waals surface area (Å²) in [5.41, 5.74) is 0.822. The average Bonchev–Trinajstić information content (AvgIpc) is 3.24. The van der Waals surface area contributed by atoms with Crippen molar-refractivity contribution in [2.24, 2.45) is 40.4 Å². The highest BCUT2D eigenvalue weighted by molar-refractivity contribution is 9.09. The van der Waals surface area contributed by atoms with Gasteiger partial charge in [-0.25, -0.2) is 4.79 Å². The number of halogens is 1. The predicted molar refractivity (Wildman–Crippen MR) is 142 cm³/mol. The Hall–Kier alpha value is -1.24. The molecule has 0 aromatic heterocycles. The molecule has 0 N–H and O–H groups in total. The van der Waals surface area contributed by atoms with Gasteiger partial charge >= 0.3 is 5.97 Å². The van der Waals surface area contributed by atoms with Crippen LogP contribution in [-0.4, -0.2) is 43.2 Å². The molecule has 1 aromatic carbocycles. The van der Waals surface area contributed by atoms with Gasteiger partial charge in [-0.1, -0.05) is 48.0 Å². The SMILES string of the molecule is COCO[C@H]1C[C@@H]2CC[C@@H]3[C@H](CC[C@]4(C)[C@@H](C(=O)CBr)CC[C@@H]34)[C@@]2(C)C[C@@H]1OC(=O)c1ccccc1. The van der Waals surface area contributed by atoms with Crippen LogP contribution in [0.2, 0.25) is 0 Å². The van der Waals surface area contributed by atoms with E-state index in [4.69, 9.17) is 14.2 Å². The van der Waals surface area contributed by atoms with Gasteiger partial charge in [-0.2, -0.15) is 0 Å². The molecule has 4 aliphatic carbocycles. The van der Waals surface area contributed by atoms with E-state index in [0.717, 1.165) is 25.7 Å². The van der Waals surface area contributed by atoms with Crippen LogP contribution in [0.25, 0.3) is 0 Å². The van der Waals surface area contributed by atoms with E-state index in [0.29, 0.717) is 40.3 Å². The highest BCUT2D eigenvalue weighted by Crippen LogP contribution is 2.67. The normalized spacial score (nSPS) is 41.6. The van der Waals surface area contributed by atoms with Crippen LogP contribution in [-0.2, 0) is 19.0 Å². The second-order valence-corrected chi connectivity index (χ2v) is 12.9. The van der Waals surface area contributed by atoms with Crippen LogP contribution in [0, 0.1) is 40.4 Å². The minimum Gasteiger partial charge on any atom is -0.456 e. The number of hydrogen-bond donors (Lipinski definition) is 0. The molecule has 0 saturated heterocycles. The summed E-state index contributed by atoms with van der Waals surface area (Å²) in [5.74, 6) is 2.75. The number of alkyl halides is 1. The number of carbonyl (C=O) groups excluding carboxylic acids is 2. The van der Waals surface area contributed by atoms with E-state index in [1.54, 1.807) is 7.11 Å². The molecule has 0 heterocycles. The molecule has 198 valence electrons. The first kappa shape index (κ1) is 26.4. The summed E-state index contributed by atoms with van der Waals surface area (Å²) in [4.78, 5) is 25.8. The highest BCUT2D eigenvalue weighted by atomic mass is 79.9. The molecule has 5 nitrogen and oxygen atoms in total. The van der Waals surface area contributed by atoms with Crippen LogP contribution >= 0.6 is 15.9 Å². The number of Topliss-reactive ketones (excluding diaryl/α,β-unsaturated/α-hetero) is 1. The smallest absolute Gasteiger partial charge is 0.338 e. The van der Waals surface area contributed by atoms with E-state index >= 15 is 0 Å². The van der Waals surface area contributed by atoms with Crippen molar-refractivity contribution < 1.29 is 23.8 Å². The van der Waals surface area contributed by atoms with Gasteiger partial charge in [0.2, 0.25) is 0 Å². The van der Waals surface area contributed by atoms with Gasteiger partial charge in [0.25, 0.3) is 0 Å². The van der Waals surface area contributed by atoms with E-state index in [9.17, 15) is 9.59 Å². The predicted octanol–water partition coefficient (Wildman–Crippen LogP) is 6.43. The number of carbonyl (C=O) groups is 2. The first-order chi connectivity index (χ1) is 17.3. The van der Waals surface area contributed by atoms with E-state index in [-0.39, 0.29) is 41.7 Å². The van der Waals surface area contributed by atoms with Gasteiger partial charge in [-0.15, -0.1) is 0 Å². The third-order valence-electron chi connectivity index (χ3n) is 10.8. The van der Waals surface area contributed by atoms with Crippen molar-refractivity contribution in [2.75, 3.05) is 19.2 Å². The molecule has 4 saturated carbocycles. The molecular formula is C30H41BrO5. The molecule has 0 radical (unpaired) electrons. The summed E-state index contributed by atoms with van der Waals surface area (Å²) in [6.07, 6.45) is 8.25. The minimum atomic E-state index is -0.285. The van der Waals surface area contributed by atoms with Gasteiger partial charge in [-0.3, -0.25) is 4.79 Å². The second kappa shape index (κ2) is 10.5. The number of esters is 1. The van der Waals surface area contributed by atoms with E-state index in [1.165, 1.54) is 25.7 Å². The number of ketones is 1. The lowest BCUT2D eigenvalue weighted by molar-refractivity contribution is -0.190. The zero-order valence-corrected chi connectivity index (χ0v) is 23.5. The fourth-order valence-electron chi connectivity index (χ4n) is 9.09. The van der Waals surface area contributed by atoms with Crippen molar-refractivity contribution >= 4 is 27.7 Å². The van der Waals surface area contributed by atoms with E-state index in [1.807, 2.05) is 30.3 Å². The van der Waals surface area contributed by atoms with Crippen LogP contribution in [0.4, 0.5) is 0 Å². The molecule has 0 spiro atoms. The van der Waals surface area contributed by atoms with Gasteiger partial charge in [-0.05, 0) is 98.0 Å². The summed E-state index contributed by atoms with van der Waals surface area (Å²) in [6, 6.07) is 9.26. The molecule has 4 aliphatic rings. The molecule has 36 heavy (non-hydrogen) atoms. The molecule has 0 bridgehead atoms. The topological polar surface area (TPSA) is 61.8 Å².